The first-order valence-electron chi connectivity index (χ1n) is 7.77. The van der Waals surface area contributed by atoms with E-state index in [1.807, 2.05) is 41.8 Å². The second kappa shape index (κ2) is 8.59. The molecule has 0 radical (unpaired) electrons. The topological polar surface area (TPSA) is 98.0 Å². The number of nitrogens with zero attached hydrogens (tertiary/aromatic N) is 2. The number of anilines is 1. The minimum absolute atomic E-state index is 0.159. The lowest BCUT2D eigenvalue weighted by Gasteiger charge is -2.09. The van der Waals surface area contributed by atoms with Crippen molar-refractivity contribution < 1.29 is 9.59 Å². The van der Waals surface area contributed by atoms with Crippen molar-refractivity contribution >= 4 is 40.6 Å². The summed E-state index contributed by atoms with van der Waals surface area (Å²) in [5, 5.41) is 5.51. The minimum Gasteiger partial charge on any atom is -0.369 e. The van der Waals surface area contributed by atoms with Crippen LogP contribution in [0.1, 0.15) is 5.69 Å². The number of hydrogen-bond acceptors (Lipinski definition) is 6. The standard InChI is InChI=1S/C18H16N4O2S2/c19-16(23)11-25-15-7-2-1-5-13(15)22-17(24)9-12-10-26-18(21-12)14-6-3-4-8-20-14/h1-8,10H,9,11H2,(H2,19,23)(H,22,24). The molecule has 0 aliphatic heterocycles. The number of nitrogens with two attached hydrogens (primary N) is 1. The van der Waals surface area contributed by atoms with E-state index in [4.69, 9.17) is 5.73 Å². The fraction of sp³-hybridized carbons (Fsp3) is 0.111. The van der Waals surface area contributed by atoms with Crippen molar-refractivity contribution in [2.45, 2.75) is 11.3 Å². The largest absolute Gasteiger partial charge is 0.369 e. The molecule has 0 saturated carbocycles. The smallest absolute Gasteiger partial charge is 0.230 e. The van der Waals surface area contributed by atoms with Crippen LogP contribution in [0.3, 0.4) is 0 Å². The number of primary amides is 1. The van der Waals surface area contributed by atoms with Crippen LogP contribution in [0.5, 0.6) is 0 Å². The SMILES string of the molecule is NC(=O)CSc1ccccc1NC(=O)Cc1csc(-c2ccccn2)n1. The Hall–Kier alpha value is -2.71. The van der Waals surface area contributed by atoms with E-state index in [1.54, 1.807) is 12.3 Å². The van der Waals surface area contributed by atoms with Crippen LogP contribution in [0.2, 0.25) is 0 Å². The van der Waals surface area contributed by atoms with E-state index in [2.05, 4.69) is 15.3 Å². The summed E-state index contributed by atoms with van der Waals surface area (Å²) < 4.78 is 0. The predicted molar refractivity (Wildman–Crippen MR) is 104 cm³/mol. The predicted octanol–water partition coefficient (Wildman–Crippen LogP) is 2.96. The normalized spacial score (nSPS) is 10.5. The number of aromatic nitrogens is 2. The van der Waals surface area contributed by atoms with Crippen molar-refractivity contribution in [1.82, 2.24) is 9.97 Å². The number of para-hydroxylation sites is 1. The Kier molecular flexibility index (Phi) is 5.98. The highest BCUT2D eigenvalue weighted by atomic mass is 32.2. The number of hydrogen-bond donors (Lipinski definition) is 2. The van der Waals surface area contributed by atoms with E-state index >= 15 is 0 Å². The average molecular weight is 384 g/mol. The highest BCUT2D eigenvalue weighted by Crippen LogP contribution is 2.27. The highest BCUT2D eigenvalue weighted by molar-refractivity contribution is 8.00. The summed E-state index contributed by atoms with van der Waals surface area (Å²) in [4.78, 5) is 32.9. The van der Waals surface area contributed by atoms with Gasteiger partial charge in [-0.25, -0.2) is 4.98 Å². The van der Waals surface area contributed by atoms with Gasteiger partial charge >= 0.3 is 0 Å². The molecule has 1 aromatic carbocycles. The first-order chi connectivity index (χ1) is 12.6. The van der Waals surface area contributed by atoms with E-state index in [-0.39, 0.29) is 18.1 Å². The molecular formula is C18H16N4O2S2. The van der Waals surface area contributed by atoms with Crippen LogP contribution in [-0.4, -0.2) is 27.5 Å². The second-order valence-electron chi connectivity index (χ2n) is 5.34. The Morgan fingerprint density at radius 3 is 2.73 bits per heavy atom. The van der Waals surface area contributed by atoms with Gasteiger partial charge in [-0.1, -0.05) is 18.2 Å². The van der Waals surface area contributed by atoms with Crippen LogP contribution in [-0.2, 0) is 16.0 Å². The lowest BCUT2D eigenvalue weighted by molar-refractivity contribution is -0.116. The van der Waals surface area contributed by atoms with Crippen molar-refractivity contribution in [3.8, 4) is 10.7 Å². The summed E-state index contributed by atoms with van der Waals surface area (Å²) in [5.74, 6) is -0.414. The molecular weight excluding hydrogens is 368 g/mol. The zero-order valence-corrected chi connectivity index (χ0v) is 15.3. The minimum atomic E-state index is -0.402. The Balaban J connectivity index is 1.65. The molecule has 0 spiro atoms. The van der Waals surface area contributed by atoms with Crippen molar-refractivity contribution in [2.75, 3.05) is 11.1 Å². The van der Waals surface area contributed by atoms with Gasteiger partial charge in [0.05, 0.1) is 29.2 Å². The van der Waals surface area contributed by atoms with E-state index in [0.29, 0.717) is 11.4 Å². The molecule has 3 N–H and O–H groups in total. The third-order valence-corrected chi connectivity index (χ3v) is 5.32. The third-order valence-electron chi connectivity index (χ3n) is 3.31. The summed E-state index contributed by atoms with van der Waals surface area (Å²) in [6.45, 7) is 0. The Labute approximate surface area is 158 Å². The van der Waals surface area contributed by atoms with Gasteiger partial charge in [-0.3, -0.25) is 14.6 Å². The van der Waals surface area contributed by atoms with E-state index in [1.165, 1.54) is 23.1 Å². The molecule has 3 aromatic rings. The maximum atomic E-state index is 12.4. The summed E-state index contributed by atoms with van der Waals surface area (Å²) >= 11 is 2.75. The van der Waals surface area contributed by atoms with E-state index in [9.17, 15) is 9.59 Å². The molecule has 8 heteroatoms. The summed E-state index contributed by atoms with van der Waals surface area (Å²) in [7, 11) is 0. The molecule has 0 saturated heterocycles. The number of thiazole rings is 1. The molecule has 0 fully saturated rings. The van der Waals surface area contributed by atoms with Crippen LogP contribution >= 0.6 is 23.1 Å². The monoisotopic (exact) mass is 384 g/mol. The number of nitrogens with one attached hydrogen (secondary N) is 1. The van der Waals surface area contributed by atoms with Gasteiger partial charge in [0.25, 0.3) is 0 Å². The first kappa shape index (κ1) is 18.1. The van der Waals surface area contributed by atoms with Crippen LogP contribution in [0.15, 0.2) is 58.9 Å². The lowest BCUT2D eigenvalue weighted by atomic mass is 10.3. The summed E-state index contributed by atoms with van der Waals surface area (Å²) in [6.07, 6.45) is 1.88. The van der Waals surface area contributed by atoms with Crippen molar-refractivity contribution in [3.05, 3.63) is 59.7 Å². The molecule has 2 aromatic heterocycles. The van der Waals surface area contributed by atoms with Gasteiger partial charge in [0, 0.05) is 16.5 Å². The molecule has 2 amide bonds. The molecule has 0 bridgehead atoms. The fourth-order valence-corrected chi connectivity index (χ4v) is 3.74. The molecule has 6 nitrogen and oxygen atoms in total. The Bertz CT molecular complexity index is 912. The summed E-state index contributed by atoms with van der Waals surface area (Å²) in [5.41, 5.74) is 7.32. The van der Waals surface area contributed by atoms with Gasteiger partial charge in [0.1, 0.15) is 5.01 Å². The molecule has 3 rings (SSSR count). The van der Waals surface area contributed by atoms with E-state index < -0.39 is 5.91 Å². The number of thioether (sulfide) groups is 1. The number of amides is 2. The van der Waals surface area contributed by atoms with Gasteiger partial charge in [-0.15, -0.1) is 23.1 Å². The molecule has 2 heterocycles. The van der Waals surface area contributed by atoms with Gasteiger partial charge in [-0.05, 0) is 24.3 Å². The molecule has 0 atom stereocenters. The van der Waals surface area contributed by atoms with Crippen LogP contribution in [0.25, 0.3) is 10.7 Å². The fourth-order valence-electron chi connectivity index (χ4n) is 2.20. The van der Waals surface area contributed by atoms with Gasteiger partial charge in [0.15, 0.2) is 0 Å². The molecule has 26 heavy (non-hydrogen) atoms. The zero-order valence-electron chi connectivity index (χ0n) is 13.7. The highest BCUT2D eigenvalue weighted by Gasteiger charge is 2.12. The lowest BCUT2D eigenvalue weighted by Crippen LogP contribution is -2.16. The van der Waals surface area contributed by atoms with E-state index in [0.717, 1.165) is 15.6 Å². The van der Waals surface area contributed by atoms with Crippen LogP contribution in [0.4, 0.5) is 5.69 Å². The maximum absolute atomic E-state index is 12.4. The van der Waals surface area contributed by atoms with Crippen molar-refractivity contribution in [3.63, 3.8) is 0 Å². The second-order valence-corrected chi connectivity index (χ2v) is 7.21. The van der Waals surface area contributed by atoms with Gasteiger partial charge in [0.2, 0.25) is 11.8 Å². The number of carbonyl (C=O) groups is 2. The van der Waals surface area contributed by atoms with Crippen molar-refractivity contribution in [2.24, 2.45) is 5.73 Å². The molecule has 0 aliphatic carbocycles. The number of carbonyl (C=O) groups excluding carboxylic acids is 2. The maximum Gasteiger partial charge on any atom is 0.230 e. The molecule has 0 unspecified atom stereocenters. The van der Waals surface area contributed by atoms with Crippen LogP contribution in [0, 0.1) is 0 Å². The zero-order chi connectivity index (χ0) is 18.4. The van der Waals surface area contributed by atoms with Gasteiger partial charge in [-0.2, -0.15) is 0 Å². The quantitative estimate of drug-likeness (QED) is 0.610. The third kappa shape index (κ3) is 4.90. The Morgan fingerprint density at radius 2 is 1.96 bits per heavy atom. The molecule has 132 valence electrons. The molecule has 0 aliphatic rings. The Morgan fingerprint density at radius 1 is 1.15 bits per heavy atom. The van der Waals surface area contributed by atoms with Crippen molar-refractivity contribution in [1.29, 1.82) is 0 Å². The van der Waals surface area contributed by atoms with Gasteiger partial charge < -0.3 is 11.1 Å². The first-order valence-corrected chi connectivity index (χ1v) is 9.64. The number of rotatable bonds is 7. The van der Waals surface area contributed by atoms with Crippen LogP contribution < -0.4 is 11.1 Å². The number of pyridine rings is 1. The summed E-state index contributed by atoms with van der Waals surface area (Å²) in [6, 6.07) is 12.9. The average Bonchev–Trinajstić information content (AvgIpc) is 3.10. The number of benzene rings is 1.